The van der Waals surface area contributed by atoms with Gasteiger partial charge in [0.15, 0.2) is 0 Å². The molecule has 1 aromatic carbocycles. The van der Waals surface area contributed by atoms with Gasteiger partial charge in [-0.2, -0.15) is 0 Å². The van der Waals surface area contributed by atoms with E-state index in [0.717, 1.165) is 5.71 Å². The van der Waals surface area contributed by atoms with Gasteiger partial charge >= 0.3 is 0 Å². The Morgan fingerprint density at radius 3 is 2.64 bits per heavy atom. The van der Waals surface area contributed by atoms with Gasteiger partial charge in [0.05, 0.1) is 12.3 Å². The first-order chi connectivity index (χ1) is 6.77. The highest BCUT2D eigenvalue weighted by molar-refractivity contribution is 6.05. The number of hydrogen-bond acceptors (Lipinski definition) is 2. The molecule has 0 N–H and O–H groups in total. The number of epoxide rings is 1. The van der Waals surface area contributed by atoms with Crippen LogP contribution in [0.1, 0.15) is 17.3 Å². The first-order valence-electron chi connectivity index (χ1n) is 4.53. The summed E-state index contributed by atoms with van der Waals surface area (Å²) in [7, 11) is 0. The van der Waals surface area contributed by atoms with E-state index in [1.165, 1.54) is 0 Å². The van der Waals surface area contributed by atoms with E-state index in [9.17, 15) is 4.79 Å². The van der Waals surface area contributed by atoms with Crippen molar-refractivity contribution >= 4 is 11.6 Å². The zero-order valence-corrected chi connectivity index (χ0v) is 7.93. The third kappa shape index (κ3) is 2.06. The molecule has 0 bridgehead atoms. The minimum absolute atomic E-state index is 0.0719. The second-order valence-corrected chi connectivity index (χ2v) is 3.25. The van der Waals surface area contributed by atoms with Crippen LogP contribution in [0.3, 0.4) is 0 Å². The quantitative estimate of drug-likeness (QED) is 0.524. The normalized spacial score (nSPS) is 20.6. The monoisotopic (exact) mass is 189 g/mol. The number of amides is 1. The number of hydrogen-bond donors (Lipinski definition) is 0. The summed E-state index contributed by atoms with van der Waals surface area (Å²) in [5, 5.41) is 0. The minimum atomic E-state index is -0.196. The third-order valence-corrected chi connectivity index (χ3v) is 2.10. The molecule has 1 aliphatic heterocycles. The van der Waals surface area contributed by atoms with Crippen molar-refractivity contribution < 1.29 is 9.53 Å². The van der Waals surface area contributed by atoms with Crippen LogP contribution in [0, 0.1) is 0 Å². The summed E-state index contributed by atoms with van der Waals surface area (Å²) < 4.78 is 5.02. The summed E-state index contributed by atoms with van der Waals surface area (Å²) in [6.07, 6.45) is 0.0719. The molecule has 0 radical (unpaired) electrons. The van der Waals surface area contributed by atoms with Gasteiger partial charge in [-0.15, -0.1) is 0 Å². The lowest BCUT2D eigenvalue weighted by molar-refractivity contribution is 0.100. The number of nitrogens with zero attached hydrogens (tertiary/aromatic N) is 1. The number of rotatable bonds is 2. The maximum Gasteiger partial charge on any atom is 0.276 e. The molecule has 0 aromatic heterocycles. The van der Waals surface area contributed by atoms with Gasteiger partial charge in [0, 0.05) is 5.56 Å². The highest BCUT2D eigenvalue weighted by atomic mass is 16.6. The molecule has 1 aliphatic rings. The molecule has 0 saturated carbocycles. The van der Waals surface area contributed by atoms with Crippen molar-refractivity contribution in [2.24, 2.45) is 4.99 Å². The lowest BCUT2D eigenvalue weighted by atomic mass is 10.2. The van der Waals surface area contributed by atoms with E-state index in [1.54, 1.807) is 12.1 Å². The summed E-state index contributed by atoms with van der Waals surface area (Å²) in [5.41, 5.74) is 1.38. The van der Waals surface area contributed by atoms with Gasteiger partial charge in [0.1, 0.15) is 6.10 Å². The van der Waals surface area contributed by atoms with Gasteiger partial charge in [-0.05, 0) is 19.1 Å². The summed E-state index contributed by atoms with van der Waals surface area (Å²) in [6, 6.07) is 9.04. The summed E-state index contributed by atoms with van der Waals surface area (Å²) in [5.74, 6) is -0.196. The molecule has 72 valence electrons. The van der Waals surface area contributed by atoms with Crippen LogP contribution in [0.2, 0.25) is 0 Å². The largest absolute Gasteiger partial charge is 0.367 e. The third-order valence-electron chi connectivity index (χ3n) is 2.10. The molecular weight excluding hydrogens is 178 g/mol. The molecule has 1 saturated heterocycles. The molecule has 3 nitrogen and oxygen atoms in total. The number of carbonyl (C=O) groups excluding carboxylic acids is 1. The van der Waals surface area contributed by atoms with Gasteiger partial charge in [-0.1, -0.05) is 18.2 Å². The topological polar surface area (TPSA) is 42.0 Å². The number of carbonyl (C=O) groups is 1. The van der Waals surface area contributed by atoms with Crippen LogP contribution in [0.15, 0.2) is 35.3 Å². The summed E-state index contributed by atoms with van der Waals surface area (Å²) >= 11 is 0. The summed E-state index contributed by atoms with van der Waals surface area (Å²) in [6.45, 7) is 2.51. The van der Waals surface area contributed by atoms with Crippen molar-refractivity contribution in [1.29, 1.82) is 0 Å². The number of aliphatic imine (C=N–C) groups is 1. The van der Waals surface area contributed by atoms with Crippen LogP contribution in [-0.4, -0.2) is 24.3 Å². The molecule has 1 amide bonds. The maximum atomic E-state index is 11.5. The summed E-state index contributed by atoms with van der Waals surface area (Å²) in [4.78, 5) is 15.5. The van der Waals surface area contributed by atoms with Crippen molar-refractivity contribution in [3.05, 3.63) is 35.9 Å². The van der Waals surface area contributed by atoms with Crippen molar-refractivity contribution in [2.45, 2.75) is 13.0 Å². The van der Waals surface area contributed by atoms with Crippen LogP contribution >= 0.6 is 0 Å². The van der Waals surface area contributed by atoms with Gasteiger partial charge in [0.25, 0.3) is 5.91 Å². The highest BCUT2D eigenvalue weighted by Gasteiger charge is 2.26. The molecule has 1 fully saturated rings. The van der Waals surface area contributed by atoms with E-state index >= 15 is 0 Å². The fourth-order valence-corrected chi connectivity index (χ4v) is 1.17. The molecule has 0 aliphatic carbocycles. The zero-order chi connectivity index (χ0) is 9.97. The van der Waals surface area contributed by atoms with Crippen molar-refractivity contribution in [3.8, 4) is 0 Å². The van der Waals surface area contributed by atoms with Gasteiger partial charge in [-0.3, -0.25) is 4.79 Å². The van der Waals surface area contributed by atoms with Crippen LogP contribution in [-0.2, 0) is 4.74 Å². The highest BCUT2D eigenvalue weighted by Crippen LogP contribution is 2.12. The molecule has 14 heavy (non-hydrogen) atoms. The molecule has 1 unspecified atom stereocenters. The number of ether oxygens (including phenoxy) is 1. The Kier molecular flexibility index (Phi) is 2.41. The Morgan fingerprint density at radius 2 is 2.07 bits per heavy atom. The van der Waals surface area contributed by atoms with E-state index in [-0.39, 0.29) is 12.0 Å². The van der Waals surface area contributed by atoms with E-state index in [0.29, 0.717) is 12.2 Å². The second kappa shape index (κ2) is 3.72. The molecule has 2 rings (SSSR count). The Bertz CT molecular complexity index is 366. The fraction of sp³-hybridized carbons (Fsp3) is 0.273. The van der Waals surface area contributed by atoms with Crippen LogP contribution in [0.25, 0.3) is 0 Å². The van der Waals surface area contributed by atoms with Crippen molar-refractivity contribution in [1.82, 2.24) is 0 Å². The SMILES string of the molecule is C/C(=N\C(=O)c1ccccc1)C1CO1. The fourth-order valence-electron chi connectivity index (χ4n) is 1.17. The average Bonchev–Trinajstić information content (AvgIpc) is 3.02. The standard InChI is InChI=1S/C11H11NO2/c1-8(10-7-14-10)12-11(13)9-5-3-2-4-6-9/h2-6,10H,7H2,1H3/b12-8+. The second-order valence-electron chi connectivity index (χ2n) is 3.25. The van der Waals surface area contributed by atoms with Crippen LogP contribution in [0.5, 0.6) is 0 Å². The lowest BCUT2D eigenvalue weighted by Crippen LogP contribution is -2.06. The zero-order valence-electron chi connectivity index (χ0n) is 7.93. The Balaban J connectivity index is 2.12. The molecule has 1 atom stereocenters. The first kappa shape index (κ1) is 9.09. The average molecular weight is 189 g/mol. The van der Waals surface area contributed by atoms with Crippen LogP contribution < -0.4 is 0 Å². The van der Waals surface area contributed by atoms with E-state index in [4.69, 9.17) is 4.74 Å². The Labute approximate surface area is 82.4 Å². The van der Waals surface area contributed by atoms with Crippen LogP contribution in [0.4, 0.5) is 0 Å². The molecule has 1 heterocycles. The van der Waals surface area contributed by atoms with Gasteiger partial charge < -0.3 is 4.74 Å². The Hall–Kier alpha value is -1.48. The maximum absolute atomic E-state index is 11.5. The molecule has 0 spiro atoms. The minimum Gasteiger partial charge on any atom is -0.367 e. The lowest BCUT2D eigenvalue weighted by Gasteiger charge is -1.95. The van der Waals surface area contributed by atoms with E-state index in [2.05, 4.69) is 4.99 Å². The molecule has 3 heteroatoms. The Morgan fingerprint density at radius 1 is 1.43 bits per heavy atom. The molecular formula is C11H11NO2. The first-order valence-corrected chi connectivity index (χ1v) is 4.53. The van der Waals surface area contributed by atoms with E-state index in [1.807, 2.05) is 25.1 Å². The number of benzene rings is 1. The predicted octanol–water partition coefficient (Wildman–Crippen LogP) is 1.69. The molecule has 1 aromatic rings. The van der Waals surface area contributed by atoms with Crippen molar-refractivity contribution in [3.63, 3.8) is 0 Å². The van der Waals surface area contributed by atoms with Gasteiger partial charge in [0.2, 0.25) is 0 Å². The predicted molar refractivity (Wildman–Crippen MR) is 53.6 cm³/mol. The van der Waals surface area contributed by atoms with E-state index < -0.39 is 0 Å². The van der Waals surface area contributed by atoms with Crippen molar-refractivity contribution in [2.75, 3.05) is 6.61 Å². The van der Waals surface area contributed by atoms with Gasteiger partial charge in [-0.25, -0.2) is 4.99 Å². The smallest absolute Gasteiger partial charge is 0.276 e.